The van der Waals surface area contributed by atoms with Crippen LogP contribution in [0, 0.1) is 0 Å². The molecule has 2 aliphatic rings. The van der Waals surface area contributed by atoms with Crippen LogP contribution in [-0.2, 0) is 10.2 Å². The van der Waals surface area contributed by atoms with Crippen molar-refractivity contribution in [3.63, 3.8) is 0 Å². The Kier molecular flexibility index (Phi) is 2.52. The Labute approximate surface area is 129 Å². The first-order valence-corrected chi connectivity index (χ1v) is 7.43. The van der Waals surface area contributed by atoms with Gasteiger partial charge in [-0.1, -0.05) is 11.6 Å². The van der Waals surface area contributed by atoms with E-state index in [2.05, 4.69) is 18.7 Å². The minimum Gasteiger partial charge on any atom is -0.314 e. The lowest BCUT2D eigenvalue weighted by Gasteiger charge is -2.40. The topological polar surface area (TPSA) is 23.6 Å². The molecule has 108 valence electrons. The van der Waals surface area contributed by atoms with Crippen molar-refractivity contribution in [1.82, 2.24) is 4.90 Å². The first kappa shape index (κ1) is 10.6. The predicted molar refractivity (Wildman–Crippen MR) is 82.5 cm³/mol. The molecular weight excluding hydrogens is 272 g/mol. The van der Waals surface area contributed by atoms with Crippen molar-refractivity contribution >= 4 is 23.2 Å². The number of piperidine rings is 1. The van der Waals surface area contributed by atoms with Gasteiger partial charge in [0.15, 0.2) is 0 Å². The molecule has 1 fully saturated rings. The molecule has 4 heteroatoms. The first-order valence-electron chi connectivity index (χ1n) is 8.55. The Morgan fingerprint density at radius 2 is 2.05 bits per heavy atom. The van der Waals surface area contributed by atoms with E-state index < -0.39 is 12.4 Å². The number of rotatable bonds is 1. The second-order valence-electron chi connectivity index (χ2n) is 6.01. The summed E-state index contributed by atoms with van der Waals surface area (Å²) in [6.45, 7) is 3.36. The van der Waals surface area contributed by atoms with Gasteiger partial charge in [-0.15, -0.1) is 0 Å². The first-order chi connectivity index (χ1) is 10.7. The SMILES string of the molecule is [2H]C([2H])([2H])N1C(=O)C2(CCN(C(C)C)CC2)c2cc(Cl)ccc21. The van der Waals surface area contributed by atoms with Crippen molar-refractivity contribution in [2.75, 3.05) is 25.0 Å². The van der Waals surface area contributed by atoms with E-state index in [0.717, 1.165) is 23.6 Å². The second-order valence-corrected chi connectivity index (χ2v) is 6.45. The van der Waals surface area contributed by atoms with Crippen molar-refractivity contribution in [3.8, 4) is 0 Å². The normalized spacial score (nSPS) is 24.7. The number of carbonyl (C=O) groups is 1. The number of likely N-dealkylation sites (N-methyl/N-ethyl adjacent to an activating group) is 1. The van der Waals surface area contributed by atoms with Gasteiger partial charge in [-0.25, -0.2) is 0 Å². The number of halogens is 1. The molecule has 0 bridgehead atoms. The average Bonchev–Trinajstić information content (AvgIpc) is 2.69. The Bertz CT molecular complexity index is 637. The maximum Gasteiger partial charge on any atom is 0.237 e. The van der Waals surface area contributed by atoms with Gasteiger partial charge >= 0.3 is 0 Å². The van der Waals surface area contributed by atoms with Gasteiger partial charge in [0.05, 0.1) is 5.41 Å². The third-order valence-electron chi connectivity index (χ3n) is 4.71. The minimum absolute atomic E-state index is 0.307. The van der Waals surface area contributed by atoms with Gasteiger partial charge in [0.25, 0.3) is 0 Å². The summed E-state index contributed by atoms with van der Waals surface area (Å²) in [6.07, 6.45) is 1.26. The van der Waals surface area contributed by atoms with E-state index in [0.29, 0.717) is 29.6 Å². The standard InChI is InChI=1S/C16H21ClN2O/c1-11(2)19-8-6-16(7-9-19)13-10-12(17)4-5-14(13)18(3)15(16)20/h4-5,10-11H,6-9H2,1-3H3/i3D3. The molecule has 20 heavy (non-hydrogen) atoms. The molecule has 3 rings (SSSR count). The molecule has 1 amide bonds. The maximum atomic E-state index is 13.1. The summed E-state index contributed by atoms with van der Waals surface area (Å²) in [6, 6.07) is 5.49. The Hall–Kier alpha value is -1.06. The summed E-state index contributed by atoms with van der Waals surface area (Å²) in [4.78, 5) is 16.4. The molecule has 0 atom stereocenters. The molecule has 1 saturated heterocycles. The molecule has 2 aliphatic heterocycles. The van der Waals surface area contributed by atoms with E-state index in [1.165, 1.54) is 0 Å². The van der Waals surface area contributed by atoms with Crippen molar-refractivity contribution in [2.24, 2.45) is 0 Å². The maximum absolute atomic E-state index is 13.1. The van der Waals surface area contributed by atoms with Crippen LogP contribution in [0.15, 0.2) is 18.2 Å². The van der Waals surface area contributed by atoms with Gasteiger partial charge < -0.3 is 9.80 Å². The lowest BCUT2D eigenvalue weighted by molar-refractivity contribution is -0.124. The molecular formula is C16H21ClN2O. The van der Waals surface area contributed by atoms with Crippen LogP contribution in [0.3, 0.4) is 0 Å². The Morgan fingerprint density at radius 1 is 1.35 bits per heavy atom. The lowest BCUT2D eigenvalue weighted by atomic mass is 9.73. The lowest BCUT2D eigenvalue weighted by Crippen LogP contribution is -2.49. The third kappa shape index (κ3) is 1.87. The predicted octanol–water partition coefficient (Wildman–Crippen LogP) is 3.06. The highest BCUT2D eigenvalue weighted by atomic mass is 35.5. The summed E-state index contributed by atoms with van der Waals surface area (Å²) in [5.41, 5.74) is 0.506. The summed E-state index contributed by atoms with van der Waals surface area (Å²) in [7, 11) is 0. The fraction of sp³-hybridized carbons (Fsp3) is 0.562. The fourth-order valence-corrected chi connectivity index (χ4v) is 3.60. The Balaban J connectivity index is 2.06. The minimum atomic E-state index is -2.47. The molecule has 1 spiro atoms. The highest BCUT2D eigenvalue weighted by Gasteiger charge is 2.51. The van der Waals surface area contributed by atoms with Crippen LogP contribution in [0.1, 0.15) is 36.4 Å². The molecule has 0 aliphatic carbocycles. The number of likely N-dealkylation sites (tertiary alicyclic amines) is 1. The number of fused-ring (bicyclic) bond motifs is 2. The van der Waals surface area contributed by atoms with Gasteiger partial charge in [-0.2, -0.15) is 0 Å². The number of hydrogen-bond donors (Lipinski definition) is 0. The molecule has 0 N–H and O–H groups in total. The van der Waals surface area contributed by atoms with E-state index in [-0.39, 0.29) is 5.91 Å². The number of amides is 1. The largest absolute Gasteiger partial charge is 0.314 e. The third-order valence-corrected chi connectivity index (χ3v) is 4.94. The summed E-state index contributed by atoms with van der Waals surface area (Å²) < 4.78 is 23.2. The van der Waals surface area contributed by atoms with Crippen molar-refractivity contribution in [1.29, 1.82) is 0 Å². The van der Waals surface area contributed by atoms with E-state index in [1.807, 2.05) is 0 Å². The van der Waals surface area contributed by atoms with Crippen LogP contribution < -0.4 is 4.90 Å². The molecule has 0 radical (unpaired) electrons. The van der Waals surface area contributed by atoms with Crippen molar-refractivity contribution in [2.45, 2.75) is 38.1 Å². The van der Waals surface area contributed by atoms with Crippen LogP contribution in [0.4, 0.5) is 5.69 Å². The molecule has 0 aromatic heterocycles. The number of benzene rings is 1. The Morgan fingerprint density at radius 3 is 2.65 bits per heavy atom. The van der Waals surface area contributed by atoms with Gasteiger partial charge in [0.2, 0.25) is 5.91 Å². The highest BCUT2D eigenvalue weighted by Crippen LogP contribution is 2.48. The summed E-state index contributed by atoms with van der Waals surface area (Å²) >= 11 is 6.13. The molecule has 0 saturated carbocycles. The van der Waals surface area contributed by atoms with E-state index in [1.54, 1.807) is 18.2 Å². The van der Waals surface area contributed by atoms with Crippen LogP contribution in [0.2, 0.25) is 5.02 Å². The highest BCUT2D eigenvalue weighted by molar-refractivity contribution is 6.31. The second kappa shape index (κ2) is 4.74. The number of hydrogen-bond acceptors (Lipinski definition) is 2. The average molecular weight is 296 g/mol. The fourth-order valence-electron chi connectivity index (χ4n) is 3.43. The number of nitrogens with zero attached hydrogens (tertiary/aromatic N) is 2. The van der Waals surface area contributed by atoms with Crippen LogP contribution in [0.5, 0.6) is 0 Å². The molecule has 2 heterocycles. The quantitative estimate of drug-likeness (QED) is 0.795. The smallest absolute Gasteiger partial charge is 0.237 e. The van der Waals surface area contributed by atoms with Gasteiger partial charge in [-0.05, 0) is 63.5 Å². The molecule has 1 aromatic rings. The van der Waals surface area contributed by atoms with Gasteiger partial charge in [0.1, 0.15) is 0 Å². The van der Waals surface area contributed by atoms with Gasteiger partial charge in [0, 0.05) is 27.8 Å². The summed E-state index contributed by atoms with van der Waals surface area (Å²) in [5.74, 6) is -0.307. The van der Waals surface area contributed by atoms with Crippen LogP contribution in [-0.4, -0.2) is 36.9 Å². The van der Waals surface area contributed by atoms with Crippen LogP contribution >= 0.6 is 11.6 Å². The van der Waals surface area contributed by atoms with Gasteiger partial charge in [-0.3, -0.25) is 4.79 Å². The number of anilines is 1. The van der Waals surface area contributed by atoms with E-state index in [4.69, 9.17) is 15.7 Å². The molecule has 1 aromatic carbocycles. The monoisotopic (exact) mass is 295 g/mol. The van der Waals surface area contributed by atoms with E-state index in [9.17, 15) is 4.79 Å². The van der Waals surface area contributed by atoms with Crippen molar-refractivity contribution in [3.05, 3.63) is 28.8 Å². The molecule has 0 unspecified atom stereocenters. The van der Waals surface area contributed by atoms with Crippen LogP contribution in [0.25, 0.3) is 0 Å². The zero-order valence-electron chi connectivity index (χ0n) is 14.8. The zero-order chi connectivity index (χ0) is 17.0. The number of carbonyl (C=O) groups excluding carboxylic acids is 1. The zero-order valence-corrected chi connectivity index (χ0v) is 12.6. The van der Waals surface area contributed by atoms with Crippen molar-refractivity contribution < 1.29 is 8.91 Å². The van der Waals surface area contributed by atoms with E-state index >= 15 is 0 Å². The summed E-state index contributed by atoms with van der Waals surface area (Å²) in [5, 5.41) is 0.537. The molecule has 3 nitrogen and oxygen atoms in total.